The Morgan fingerprint density at radius 3 is 2.53 bits per heavy atom. The molecule has 106 valence electrons. The SMILES string of the molecule is CC(=O)N(CCC1CCCCC1)C1=C(C)C(=O)OC1. The van der Waals surface area contributed by atoms with Crippen LogP contribution in [-0.2, 0) is 14.3 Å². The highest BCUT2D eigenvalue weighted by Crippen LogP contribution is 2.28. The number of rotatable bonds is 4. The minimum Gasteiger partial charge on any atom is -0.456 e. The number of carbonyl (C=O) groups excluding carboxylic acids is 2. The van der Waals surface area contributed by atoms with Crippen molar-refractivity contribution in [2.45, 2.75) is 52.4 Å². The summed E-state index contributed by atoms with van der Waals surface area (Å²) in [6.45, 7) is 4.25. The molecule has 4 nitrogen and oxygen atoms in total. The van der Waals surface area contributed by atoms with Gasteiger partial charge in [0.05, 0.1) is 11.3 Å². The van der Waals surface area contributed by atoms with Crippen LogP contribution >= 0.6 is 0 Å². The van der Waals surface area contributed by atoms with E-state index >= 15 is 0 Å². The largest absolute Gasteiger partial charge is 0.456 e. The van der Waals surface area contributed by atoms with E-state index in [1.807, 2.05) is 0 Å². The lowest BCUT2D eigenvalue weighted by molar-refractivity contribution is -0.136. The summed E-state index contributed by atoms with van der Waals surface area (Å²) in [5.74, 6) is 0.442. The molecule has 19 heavy (non-hydrogen) atoms. The number of hydrogen-bond donors (Lipinski definition) is 0. The van der Waals surface area contributed by atoms with Crippen molar-refractivity contribution in [3.63, 3.8) is 0 Å². The summed E-state index contributed by atoms with van der Waals surface area (Å²) in [4.78, 5) is 24.9. The normalized spacial score (nSPS) is 20.6. The monoisotopic (exact) mass is 265 g/mol. The summed E-state index contributed by atoms with van der Waals surface area (Å²) in [6, 6.07) is 0. The molecule has 0 aromatic rings. The van der Waals surface area contributed by atoms with Crippen LogP contribution in [0.25, 0.3) is 0 Å². The van der Waals surface area contributed by atoms with Gasteiger partial charge in [0.15, 0.2) is 0 Å². The first-order valence-electron chi connectivity index (χ1n) is 7.24. The number of carbonyl (C=O) groups is 2. The van der Waals surface area contributed by atoms with E-state index in [9.17, 15) is 9.59 Å². The maximum absolute atomic E-state index is 11.8. The van der Waals surface area contributed by atoms with E-state index in [1.54, 1.807) is 18.7 Å². The fraction of sp³-hybridized carbons (Fsp3) is 0.733. The van der Waals surface area contributed by atoms with Gasteiger partial charge >= 0.3 is 5.97 Å². The van der Waals surface area contributed by atoms with Gasteiger partial charge in [-0.05, 0) is 19.3 Å². The maximum atomic E-state index is 11.8. The zero-order valence-electron chi connectivity index (χ0n) is 11.9. The second kappa shape index (κ2) is 6.22. The smallest absolute Gasteiger partial charge is 0.336 e. The van der Waals surface area contributed by atoms with Gasteiger partial charge in [0, 0.05) is 13.5 Å². The molecule has 1 amide bonds. The topological polar surface area (TPSA) is 46.6 Å². The van der Waals surface area contributed by atoms with Gasteiger partial charge < -0.3 is 9.64 Å². The minimum absolute atomic E-state index is 0.00320. The molecule has 0 aromatic carbocycles. The molecule has 0 spiro atoms. The first-order chi connectivity index (χ1) is 9.09. The Labute approximate surface area is 114 Å². The number of hydrogen-bond acceptors (Lipinski definition) is 3. The molecule has 1 heterocycles. The molecule has 1 saturated carbocycles. The number of cyclic esters (lactones) is 1. The van der Waals surface area contributed by atoms with Crippen LogP contribution < -0.4 is 0 Å². The fourth-order valence-electron chi connectivity index (χ4n) is 3.02. The van der Waals surface area contributed by atoms with Crippen LogP contribution in [0.2, 0.25) is 0 Å². The van der Waals surface area contributed by atoms with E-state index in [1.165, 1.54) is 32.1 Å². The van der Waals surface area contributed by atoms with E-state index in [0.717, 1.165) is 18.0 Å². The molecule has 0 unspecified atom stereocenters. The second-order valence-corrected chi connectivity index (χ2v) is 5.61. The third kappa shape index (κ3) is 3.37. The average Bonchev–Trinajstić information content (AvgIpc) is 2.72. The van der Waals surface area contributed by atoms with Gasteiger partial charge in [-0.1, -0.05) is 32.1 Å². The van der Waals surface area contributed by atoms with Crippen LogP contribution in [-0.4, -0.2) is 29.9 Å². The molecule has 4 heteroatoms. The minimum atomic E-state index is -0.293. The molecule has 0 aromatic heterocycles. The Morgan fingerprint density at radius 2 is 2.00 bits per heavy atom. The quantitative estimate of drug-likeness (QED) is 0.734. The Balaban J connectivity index is 1.97. The molecule has 0 bridgehead atoms. The molecular formula is C15H23NO3. The standard InChI is InChI=1S/C15H23NO3/c1-11-14(10-19-15(11)18)16(12(2)17)9-8-13-6-4-3-5-7-13/h13H,3-10H2,1-2H3. The summed E-state index contributed by atoms with van der Waals surface area (Å²) >= 11 is 0. The van der Waals surface area contributed by atoms with Crippen LogP contribution in [0.4, 0.5) is 0 Å². The molecule has 2 aliphatic rings. The van der Waals surface area contributed by atoms with Gasteiger partial charge in [-0.25, -0.2) is 4.79 Å². The van der Waals surface area contributed by atoms with Gasteiger partial charge in [0.25, 0.3) is 0 Å². The van der Waals surface area contributed by atoms with Crippen LogP contribution in [0.1, 0.15) is 52.4 Å². The van der Waals surface area contributed by atoms with Crippen molar-refractivity contribution in [1.29, 1.82) is 0 Å². The van der Waals surface area contributed by atoms with Crippen molar-refractivity contribution in [3.8, 4) is 0 Å². The summed E-state index contributed by atoms with van der Waals surface area (Å²) in [5, 5.41) is 0. The molecule has 1 fully saturated rings. The van der Waals surface area contributed by atoms with Crippen molar-refractivity contribution in [3.05, 3.63) is 11.3 Å². The molecule has 0 radical (unpaired) electrons. The molecule has 1 aliphatic heterocycles. The number of ether oxygens (including phenoxy) is 1. The van der Waals surface area contributed by atoms with Crippen molar-refractivity contribution in [1.82, 2.24) is 4.90 Å². The summed E-state index contributed by atoms with van der Waals surface area (Å²) in [6.07, 6.45) is 7.56. The summed E-state index contributed by atoms with van der Waals surface area (Å²) in [7, 11) is 0. The lowest BCUT2D eigenvalue weighted by Crippen LogP contribution is -2.31. The Morgan fingerprint density at radius 1 is 1.32 bits per heavy atom. The predicted octanol–water partition coefficient (Wildman–Crippen LogP) is 2.64. The molecule has 1 aliphatic carbocycles. The average molecular weight is 265 g/mol. The van der Waals surface area contributed by atoms with Gasteiger partial charge in [-0.3, -0.25) is 4.79 Å². The van der Waals surface area contributed by atoms with Gasteiger partial charge in [-0.15, -0.1) is 0 Å². The summed E-state index contributed by atoms with van der Waals surface area (Å²) in [5.41, 5.74) is 1.34. The first-order valence-corrected chi connectivity index (χ1v) is 7.24. The first kappa shape index (κ1) is 14.1. The zero-order chi connectivity index (χ0) is 13.8. The van der Waals surface area contributed by atoms with Crippen molar-refractivity contribution < 1.29 is 14.3 Å². The van der Waals surface area contributed by atoms with Crippen molar-refractivity contribution in [2.24, 2.45) is 5.92 Å². The Hall–Kier alpha value is -1.32. The Kier molecular flexibility index (Phi) is 4.61. The number of nitrogens with zero attached hydrogens (tertiary/aromatic N) is 1. The van der Waals surface area contributed by atoms with Gasteiger partial charge in [0.2, 0.25) is 5.91 Å². The number of esters is 1. The van der Waals surface area contributed by atoms with Crippen LogP contribution in [0.5, 0.6) is 0 Å². The van der Waals surface area contributed by atoms with Crippen LogP contribution in [0, 0.1) is 5.92 Å². The Bertz CT molecular complexity index is 394. The van der Waals surface area contributed by atoms with E-state index in [4.69, 9.17) is 4.74 Å². The highest BCUT2D eigenvalue weighted by molar-refractivity contribution is 5.92. The predicted molar refractivity (Wildman–Crippen MR) is 72.2 cm³/mol. The number of amides is 1. The second-order valence-electron chi connectivity index (χ2n) is 5.61. The van der Waals surface area contributed by atoms with Crippen molar-refractivity contribution >= 4 is 11.9 Å². The van der Waals surface area contributed by atoms with E-state index in [-0.39, 0.29) is 18.5 Å². The molecule has 2 rings (SSSR count). The third-order valence-corrected chi connectivity index (χ3v) is 4.27. The third-order valence-electron chi connectivity index (χ3n) is 4.27. The van der Waals surface area contributed by atoms with E-state index in [2.05, 4.69) is 0 Å². The zero-order valence-corrected chi connectivity index (χ0v) is 11.9. The fourth-order valence-corrected chi connectivity index (χ4v) is 3.02. The lowest BCUT2D eigenvalue weighted by Gasteiger charge is -2.27. The van der Waals surface area contributed by atoms with Crippen LogP contribution in [0.3, 0.4) is 0 Å². The maximum Gasteiger partial charge on any atom is 0.336 e. The lowest BCUT2D eigenvalue weighted by atomic mass is 9.87. The summed E-state index contributed by atoms with van der Waals surface area (Å²) < 4.78 is 4.99. The highest BCUT2D eigenvalue weighted by Gasteiger charge is 2.28. The van der Waals surface area contributed by atoms with Gasteiger partial charge in [0.1, 0.15) is 6.61 Å². The van der Waals surface area contributed by atoms with E-state index < -0.39 is 0 Å². The van der Waals surface area contributed by atoms with Gasteiger partial charge in [-0.2, -0.15) is 0 Å². The van der Waals surface area contributed by atoms with Crippen molar-refractivity contribution in [2.75, 3.05) is 13.2 Å². The van der Waals surface area contributed by atoms with Crippen LogP contribution in [0.15, 0.2) is 11.3 Å². The molecular weight excluding hydrogens is 242 g/mol. The molecule has 0 atom stereocenters. The van der Waals surface area contributed by atoms with E-state index in [0.29, 0.717) is 12.1 Å². The molecule has 0 N–H and O–H groups in total. The molecule has 0 saturated heterocycles. The highest BCUT2D eigenvalue weighted by atomic mass is 16.5.